The Morgan fingerprint density at radius 3 is 2.67 bits per heavy atom. The highest BCUT2D eigenvalue weighted by molar-refractivity contribution is 5.65. The first-order valence-corrected chi connectivity index (χ1v) is 3.91. The van der Waals surface area contributed by atoms with Gasteiger partial charge in [0.15, 0.2) is 0 Å². The zero-order valence-corrected chi connectivity index (χ0v) is 8.38. The first-order valence-electron chi connectivity index (χ1n) is 3.91. The van der Waals surface area contributed by atoms with Crippen LogP contribution in [0.1, 0.15) is 5.69 Å². The van der Waals surface area contributed by atoms with Gasteiger partial charge in [-0.2, -0.15) is 5.10 Å². The number of aromatic nitrogens is 2. The molecule has 0 aliphatic heterocycles. The van der Waals surface area contributed by atoms with Crippen molar-refractivity contribution in [2.75, 3.05) is 7.11 Å². The highest BCUT2D eigenvalue weighted by Crippen LogP contribution is 2.29. The van der Waals surface area contributed by atoms with Crippen molar-refractivity contribution in [2.45, 2.75) is 6.92 Å². The Kier molecular flexibility index (Phi) is 2.88. The lowest BCUT2D eigenvalue weighted by molar-refractivity contribution is -0.386. The van der Waals surface area contributed by atoms with Crippen LogP contribution in [-0.4, -0.2) is 28.0 Å². The van der Waals surface area contributed by atoms with Crippen molar-refractivity contribution >= 4 is 11.8 Å². The minimum atomic E-state index is -1.03. The van der Waals surface area contributed by atoms with Gasteiger partial charge in [0.2, 0.25) is 0 Å². The maximum atomic E-state index is 10.8. The summed E-state index contributed by atoms with van der Waals surface area (Å²) in [7, 11) is 2.54. The van der Waals surface area contributed by atoms with Gasteiger partial charge in [-0.1, -0.05) is 0 Å². The number of methoxy groups -OCH3 is 1. The molecule has 0 radical (unpaired) electrons. The number of hydrogen-bond acceptors (Lipinski definition) is 6. The molecular weight excluding hydrogens is 206 g/mol. The largest absolute Gasteiger partial charge is 0.515 e. The number of carbonyl (C=O) groups excluding carboxylic acids is 1. The summed E-state index contributed by atoms with van der Waals surface area (Å²) < 4.78 is 9.94. The molecule has 0 atom stereocenters. The highest BCUT2D eigenvalue weighted by atomic mass is 16.7. The molecule has 15 heavy (non-hydrogen) atoms. The summed E-state index contributed by atoms with van der Waals surface area (Å²) in [5, 5.41) is 14.4. The van der Waals surface area contributed by atoms with Gasteiger partial charge in [0.25, 0.3) is 0 Å². The molecule has 0 fully saturated rings. The van der Waals surface area contributed by atoms with Crippen LogP contribution in [0.25, 0.3) is 0 Å². The van der Waals surface area contributed by atoms with Crippen molar-refractivity contribution in [3.8, 4) is 5.88 Å². The lowest BCUT2D eigenvalue weighted by atomic mass is 10.4. The number of rotatable bonds is 2. The number of ether oxygens (including phenoxy) is 2. The predicted octanol–water partition coefficient (Wildman–Crippen LogP) is 0.782. The summed E-state index contributed by atoms with van der Waals surface area (Å²) in [5.41, 5.74) is -0.177. The SMILES string of the molecule is COC(=O)Oc1c([N+](=O)[O-])c(C)nn1C. The molecule has 0 aromatic carbocycles. The molecule has 0 unspecified atom stereocenters. The molecule has 0 aliphatic carbocycles. The van der Waals surface area contributed by atoms with Crippen molar-refractivity contribution in [3.05, 3.63) is 15.8 Å². The van der Waals surface area contributed by atoms with E-state index in [0.717, 1.165) is 11.8 Å². The summed E-state index contributed by atoms with van der Waals surface area (Å²) in [4.78, 5) is 20.8. The van der Waals surface area contributed by atoms with Crippen molar-refractivity contribution < 1.29 is 19.2 Å². The predicted molar refractivity (Wildman–Crippen MR) is 47.6 cm³/mol. The molecule has 8 nitrogen and oxygen atoms in total. The Hall–Kier alpha value is -2.12. The second kappa shape index (κ2) is 3.95. The van der Waals surface area contributed by atoms with E-state index in [1.165, 1.54) is 14.0 Å². The van der Waals surface area contributed by atoms with Gasteiger partial charge in [-0.25, -0.2) is 9.48 Å². The fourth-order valence-corrected chi connectivity index (χ4v) is 1.07. The Bertz CT molecular complexity index is 411. The second-order valence-corrected chi connectivity index (χ2v) is 2.68. The number of aryl methyl sites for hydroxylation is 2. The fraction of sp³-hybridized carbons (Fsp3) is 0.429. The Morgan fingerprint density at radius 1 is 1.60 bits per heavy atom. The van der Waals surface area contributed by atoms with E-state index in [4.69, 9.17) is 0 Å². The molecule has 82 valence electrons. The average Bonchev–Trinajstić information content (AvgIpc) is 2.41. The number of carbonyl (C=O) groups is 1. The minimum Gasteiger partial charge on any atom is -0.437 e. The smallest absolute Gasteiger partial charge is 0.437 e. The van der Waals surface area contributed by atoms with Gasteiger partial charge in [0, 0.05) is 7.05 Å². The lowest BCUT2D eigenvalue weighted by Gasteiger charge is -2.00. The van der Waals surface area contributed by atoms with Gasteiger partial charge in [0.1, 0.15) is 5.69 Å². The molecular formula is C7H9N3O5. The van der Waals surface area contributed by atoms with Gasteiger partial charge < -0.3 is 9.47 Å². The van der Waals surface area contributed by atoms with Crippen molar-refractivity contribution in [2.24, 2.45) is 7.05 Å². The van der Waals surface area contributed by atoms with Gasteiger partial charge in [-0.3, -0.25) is 10.1 Å². The van der Waals surface area contributed by atoms with E-state index in [1.54, 1.807) is 0 Å². The van der Waals surface area contributed by atoms with E-state index < -0.39 is 11.1 Å². The van der Waals surface area contributed by atoms with E-state index >= 15 is 0 Å². The van der Waals surface area contributed by atoms with Crippen molar-refractivity contribution in [1.29, 1.82) is 0 Å². The zero-order valence-electron chi connectivity index (χ0n) is 8.38. The molecule has 0 bridgehead atoms. The third-order valence-electron chi connectivity index (χ3n) is 1.67. The van der Waals surface area contributed by atoms with E-state index in [9.17, 15) is 14.9 Å². The number of nitro groups is 1. The quantitative estimate of drug-likeness (QED) is 0.411. The summed E-state index contributed by atoms with van der Waals surface area (Å²) in [6, 6.07) is 0. The number of nitrogens with zero attached hydrogens (tertiary/aromatic N) is 3. The summed E-state index contributed by atoms with van der Waals surface area (Å²) in [6.07, 6.45) is -1.03. The molecule has 0 aliphatic rings. The first kappa shape index (κ1) is 11.0. The highest BCUT2D eigenvalue weighted by Gasteiger charge is 2.27. The Balaban J connectivity index is 3.15. The number of hydrogen-bond donors (Lipinski definition) is 0. The summed E-state index contributed by atoms with van der Waals surface area (Å²) >= 11 is 0. The zero-order chi connectivity index (χ0) is 11.6. The molecule has 0 saturated heterocycles. The van der Waals surface area contributed by atoms with Gasteiger partial charge in [0.05, 0.1) is 12.0 Å². The third-order valence-corrected chi connectivity index (χ3v) is 1.67. The van der Waals surface area contributed by atoms with Crippen LogP contribution < -0.4 is 4.74 Å². The molecule has 1 aromatic rings. The topological polar surface area (TPSA) is 96.5 Å². The lowest BCUT2D eigenvalue weighted by Crippen LogP contribution is -2.11. The molecule has 0 amide bonds. The van der Waals surface area contributed by atoms with Gasteiger partial charge in [-0.05, 0) is 6.92 Å². The van der Waals surface area contributed by atoms with Crippen molar-refractivity contribution in [3.63, 3.8) is 0 Å². The normalized spacial score (nSPS) is 9.80. The fourth-order valence-electron chi connectivity index (χ4n) is 1.07. The van der Waals surface area contributed by atoms with Crippen LogP contribution in [0.4, 0.5) is 10.5 Å². The monoisotopic (exact) mass is 215 g/mol. The second-order valence-electron chi connectivity index (χ2n) is 2.68. The van der Waals surface area contributed by atoms with Crippen molar-refractivity contribution in [1.82, 2.24) is 9.78 Å². The average molecular weight is 215 g/mol. The maximum Gasteiger partial charge on any atom is 0.515 e. The van der Waals surface area contributed by atoms with E-state index in [-0.39, 0.29) is 17.3 Å². The molecule has 0 N–H and O–H groups in total. The van der Waals surface area contributed by atoms with E-state index in [2.05, 4.69) is 14.6 Å². The molecule has 1 aromatic heterocycles. The van der Waals surface area contributed by atoms with Gasteiger partial charge in [-0.15, -0.1) is 0 Å². The molecule has 8 heteroatoms. The van der Waals surface area contributed by atoms with E-state index in [0.29, 0.717) is 0 Å². The standard InChI is InChI=1S/C7H9N3O5/c1-4-5(10(12)13)6(9(2)8-4)15-7(11)14-3/h1-3H3. The van der Waals surface area contributed by atoms with Crippen LogP contribution in [0.15, 0.2) is 0 Å². The minimum absolute atomic E-state index is 0.168. The van der Waals surface area contributed by atoms with Gasteiger partial charge >= 0.3 is 17.7 Å². The summed E-state index contributed by atoms with van der Waals surface area (Å²) in [6.45, 7) is 1.45. The van der Waals surface area contributed by atoms with Crippen LogP contribution >= 0.6 is 0 Å². The molecule has 0 spiro atoms. The van der Waals surface area contributed by atoms with Crippen LogP contribution in [0.2, 0.25) is 0 Å². The first-order chi connectivity index (χ1) is 6.97. The Labute approximate surface area is 84.5 Å². The molecule has 1 rings (SSSR count). The van der Waals surface area contributed by atoms with Crippen LogP contribution in [0, 0.1) is 17.0 Å². The van der Waals surface area contributed by atoms with E-state index in [1.807, 2.05) is 0 Å². The maximum absolute atomic E-state index is 10.8. The third kappa shape index (κ3) is 2.03. The molecule has 0 saturated carbocycles. The summed E-state index contributed by atoms with van der Waals surface area (Å²) in [5.74, 6) is -0.246. The Morgan fingerprint density at radius 2 is 2.20 bits per heavy atom. The van der Waals surface area contributed by atoms with Crippen LogP contribution in [0.3, 0.4) is 0 Å². The molecule has 1 heterocycles. The van der Waals surface area contributed by atoms with Crippen LogP contribution in [0.5, 0.6) is 5.88 Å². The van der Waals surface area contributed by atoms with Crippen LogP contribution in [-0.2, 0) is 11.8 Å².